The molecule has 0 aromatic heterocycles. The van der Waals surface area contributed by atoms with E-state index in [1.165, 1.54) is 0 Å². The fourth-order valence-corrected chi connectivity index (χ4v) is 1.73. The summed E-state index contributed by atoms with van der Waals surface area (Å²) in [6, 6.07) is 0. The second kappa shape index (κ2) is 4.94. The molecule has 2 N–H and O–H groups in total. The van der Waals surface area contributed by atoms with Crippen molar-refractivity contribution in [1.82, 2.24) is 0 Å². The van der Waals surface area contributed by atoms with Gasteiger partial charge in [-0.25, -0.2) is 0 Å². The summed E-state index contributed by atoms with van der Waals surface area (Å²) < 4.78 is 5.20. The predicted octanol–water partition coefficient (Wildman–Crippen LogP) is 0.791. The Labute approximate surface area is 79.7 Å². The molecule has 3 heteroatoms. The van der Waals surface area contributed by atoms with Crippen LogP contribution < -0.4 is 0 Å². The third-order valence-electron chi connectivity index (χ3n) is 2.78. The first kappa shape index (κ1) is 11.0. The van der Waals surface area contributed by atoms with Gasteiger partial charge in [0.15, 0.2) is 0 Å². The third kappa shape index (κ3) is 2.93. The molecule has 0 aromatic carbocycles. The van der Waals surface area contributed by atoms with Crippen LogP contribution in [-0.2, 0) is 4.74 Å². The SMILES string of the molecule is CC(C)C(O)C(O)C1CCOCC1. The molecule has 0 aliphatic carbocycles. The van der Waals surface area contributed by atoms with Crippen molar-refractivity contribution < 1.29 is 14.9 Å². The minimum Gasteiger partial charge on any atom is -0.390 e. The zero-order valence-corrected chi connectivity index (χ0v) is 8.44. The maximum atomic E-state index is 9.81. The molecule has 1 aliphatic heterocycles. The maximum absolute atomic E-state index is 9.81. The summed E-state index contributed by atoms with van der Waals surface area (Å²) in [4.78, 5) is 0. The van der Waals surface area contributed by atoms with Crippen molar-refractivity contribution in [3.05, 3.63) is 0 Å². The lowest BCUT2D eigenvalue weighted by Gasteiger charge is -2.31. The van der Waals surface area contributed by atoms with Crippen molar-refractivity contribution in [2.75, 3.05) is 13.2 Å². The highest BCUT2D eigenvalue weighted by molar-refractivity contribution is 4.79. The Morgan fingerprint density at radius 3 is 2.15 bits per heavy atom. The number of hydrogen-bond donors (Lipinski definition) is 2. The van der Waals surface area contributed by atoms with Crippen molar-refractivity contribution in [2.24, 2.45) is 11.8 Å². The zero-order valence-electron chi connectivity index (χ0n) is 8.44. The van der Waals surface area contributed by atoms with Crippen LogP contribution in [0.2, 0.25) is 0 Å². The summed E-state index contributed by atoms with van der Waals surface area (Å²) in [5, 5.41) is 19.5. The van der Waals surface area contributed by atoms with Gasteiger partial charge in [0.05, 0.1) is 12.2 Å². The Morgan fingerprint density at radius 2 is 1.69 bits per heavy atom. The topological polar surface area (TPSA) is 49.7 Å². The standard InChI is InChI=1S/C10H20O3/c1-7(2)9(11)10(12)8-3-5-13-6-4-8/h7-12H,3-6H2,1-2H3. The van der Waals surface area contributed by atoms with E-state index in [0.29, 0.717) is 13.2 Å². The normalized spacial score (nSPS) is 24.7. The van der Waals surface area contributed by atoms with Gasteiger partial charge in [-0.15, -0.1) is 0 Å². The molecular weight excluding hydrogens is 168 g/mol. The molecule has 2 unspecified atom stereocenters. The molecule has 0 saturated carbocycles. The van der Waals surface area contributed by atoms with Crippen LogP contribution in [0.5, 0.6) is 0 Å². The summed E-state index contributed by atoms with van der Waals surface area (Å²) in [6.45, 7) is 5.28. The molecule has 0 radical (unpaired) electrons. The van der Waals surface area contributed by atoms with Crippen LogP contribution in [0.4, 0.5) is 0 Å². The molecule has 0 bridgehead atoms. The van der Waals surface area contributed by atoms with Gasteiger partial charge in [0, 0.05) is 13.2 Å². The molecule has 1 fully saturated rings. The lowest BCUT2D eigenvalue weighted by molar-refractivity contribution is -0.0685. The van der Waals surface area contributed by atoms with Gasteiger partial charge < -0.3 is 14.9 Å². The Bertz CT molecular complexity index is 141. The van der Waals surface area contributed by atoms with Gasteiger partial charge in [0.25, 0.3) is 0 Å². The number of aliphatic hydroxyl groups excluding tert-OH is 2. The van der Waals surface area contributed by atoms with Crippen LogP contribution in [-0.4, -0.2) is 35.6 Å². The quantitative estimate of drug-likeness (QED) is 0.688. The van der Waals surface area contributed by atoms with Crippen molar-refractivity contribution in [3.8, 4) is 0 Å². The highest BCUT2D eigenvalue weighted by atomic mass is 16.5. The lowest BCUT2D eigenvalue weighted by Crippen LogP contribution is -2.39. The van der Waals surface area contributed by atoms with Crippen LogP contribution in [0, 0.1) is 11.8 Å². The van der Waals surface area contributed by atoms with Crippen LogP contribution in [0.1, 0.15) is 26.7 Å². The number of aliphatic hydroxyl groups is 2. The summed E-state index contributed by atoms with van der Waals surface area (Å²) in [5.74, 6) is 0.337. The second-order valence-corrected chi connectivity index (χ2v) is 4.18. The van der Waals surface area contributed by atoms with E-state index in [1.807, 2.05) is 13.8 Å². The van der Waals surface area contributed by atoms with Crippen LogP contribution in [0.25, 0.3) is 0 Å². The van der Waals surface area contributed by atoms with E-state index >= 15 is 0 Å². The van der Waals surface area contributed by atoms with Gasteiger partial charge in [-0.2, -0.15) is 0 Å². The molecule has 2 atom stereocenters. The molecule has 1 rings (SSSR count). The highest BCUT2D eigenvalue weighted by Gasteiger charge is 2.29. The molecular formula is C10H20O3. The minimum atomic E-state index is -0.594. The van der Waals surface area contributed by atoms with Gasteiger partial charge in [-0.3, -0.25) is 0 Å². The molecule has 78 valence electrons. The molecule has 0 aromatic rings. The zero-order chi connectivity index (χ0) is 9.84. The number of hydrogen-bond acceptors (Lipinski definition) is 3. The van der Waals surface area contributed by atoms with E-state index in [-0.39, 0.29) is 11.8 Å². The largest absolute Gasteiger partial charge is 0.390 e. The average Bonchev–Trinajstić information content (AvgIpc) is 2.17. The van der Waals surface area contributed by atoms with E-state index in [1.54, 1.807) is 0 Å². The summed E-state index contributed by atoms with van der Waals surface area (Å²) in [6.07, 6.45) is 0.558. The van der Waals surface area contributed by atoms with Gasteiger partial charge >= 0.3 is 0 Å². The van der Waals surface area contributed by atoms with E-state index in [0.717, 1.165) is 12.8 Å². The van der Waals surface area contributed by atoms with Crippen molar-refractivity contribution >= 4 is 0 Å². The van der Waals surface area contributed by atoms with E-state index in [4.69, 9.17) is 4.74 Å². The Balaban J connectivity index is 2.40. The Morgan fingerprint density at radius 1 is 1.15 bits per heavy atom. The van der Waals surface area contributed by atoms with E-state index in [2.05, 4.69) is 0 Å². The minimum absolute atomic E-state index is 0.123. The summed E-state index contributed by atoms with van der Waals surface area (Å²) in [5.41, 5.74) is 0. The fourth-order valence-electron chi connectivity index (χ4n) is 1.73. The Hall–Kier alpha value is -0.120. The number of rotatable bonds is 3. The molecule has 1 heterocycles. The van der Waals surface area contributed by atoms with Crippen molar-refractivity contribution in [1.29, 1.82) is 0 Å². The van der Waals surface area contributed by atoms with E-state index < -0.39 is 12.2 Å². The fraction of sp³-hybridized carbons (Fsp3) is 1.00. The number of ether oxygens (including phenoxy) is 1. The van der Waals surface area contributed by atoms with E-state index in [9.17, 15) is 10.2 Å². The first-order chi connectivity index (χ1) is 6.13. The molecule has 1 aliphatic rings. The van der Waals surface area contributed by atoms with Crippen molar-refractivity contribution in [3.63, 3.8) is 0 Å². The van der Waals surface area contributed by atoms with Crippen molar-refractivity contribution in [2.45, 2.75) is 38.9 Å². The molecule has 0 amide bonds. The Kier molecular flexibility index (Phi) is 4.16. The van der Waals surface area contributed by atoms with Gasteiger partial charge in [0.2, 0.25) is 0 Å². The summed E-state index contributed by atoms with van der Waals surface area (Å²) in [7, 11) is 0. The van der Waals surface area contributed by atoms with Gasteiger partial charge in [-0.05, 0) is 24.7 Å². The van der Waals surface area contributed by atoms with Gasteiger partial charge in [0.1, 0.15) is 0 Å². The first-order valence-corrected chi connectivity index (χ1v) is 5.06. The molecule has 13 heavy (non-hydrogen) atoms. The maximum Gasteiger partial charge on any atom is 0.0831 e. The van der Waals surface area contributed by atoms with Gasteiger partial charge in [-0.1, -0.05) is 13.8 Å². The highest BCUT2D eigenvalue weighted by Crippen LogP contribution is 2.23. The smallest absolute Gasteiger partial charge is 0.0831 e. The average molecular weight is 188 g/mol. The van der Waals surface area contributed by atoms with Crippen LogP contribution in [0.15, 0.2) is 0 Å². The molecule has 3 nitrogen and oxygen atoms in total. The second-order valence-electron chi connectivity index (χ2n) is 4.18. The molecule has 1 saturated heterocycles. The lowest BCUT2D eigenvalue weighted by atomic mass is 9.87. The monoisotopic (exact) mass is 188 g/mol. The summed E-state index contributed by atoms with van der Waals surface area (Å²) >= 11 is 0. The first-order valence-electron chi connectivity index (χ1n) is 5.06. The molecule has 0 spiro atoms. The van der Waals surface area contributed by atoms with Crippen LogP contribution in [0.3, 0.4) is 0 Å². The predicted molar refractivity (Wildman–Crippen MR) is 50.4 cm³/mol. The third-order valence-corrected chi connectivity index (χ3v) is 2.78. The van der Waals surface area contributed by atoms with Crippen LogP contribution >= 0.6 is 0 Å².